The number of thioether (sulfide) groups is 1. The highest BCUT2D eigenvalue weighted by Gasteiger charge is 2.18. The largest absolute Gasteiger partial charge is 0.494 e. The van der Waals surface area contributed by atoms with Gasteiger partial charge < -0.3 is 10.1 Å². The normalized spacial score (nSPS) is 10.8. The highest BCUT2D eigenvalue weighted by molar-refractivity contribution is 7.99. The van der Waals surface area contributed by atoms with Crippen molar-refractivity contribution < 1.29 is 18.3 Å². The number of nitrogens with one attached hydrogen (secondary N) is 1. The standard InChI is InChI=1S/C22H18F2N4O2S2/c1-2-30-16-8-6-15(7-9-16)28-21(19-4-3-11-31-19)26-27-22(28)32-13-20(29)25-14-5-10-17(23)18(24)12-14/h3-12H,2,13H2,1H3,(H,25,29). The molecule has 164 valence electrons. The Morgan fingerprint density at radius 3 is 2.62 bits per heavy atom. The fourth-order valence-electron chi connectivity index (χ4n) is 2.92. The van der Waals surface area contributed by atoms with Gasteiger partial charge in [-0.05, 0) is 54.8 Å². The maximum absolute atomic E-state index is 13.4. The van der Waals surface area contributed by atoms with Crippen LogP contribution in [-0.2, 0) is 4.79 Å². The van der Waals surface area contributed by atoms with E-state index in [1.54, 1.807) is 0 Å². The second kappa shape index (κ2) is 9.92. The lowest BCUT2D eigenvalue weighted by atomic mass is 10.3. The number of ether oxygens (including phenoxy) is 1. The lowest BCUT2D eigenvalue weighted by Crippen LogP contribution is -2.14. The molecule has 4 rings (SSSR count). The van der Waals surface area contributed by atoms with Crippen LogP contribution in [0.4, 0.5) is 14.5 Å². The summed E-state index contributed by atoms with van der Waals surface area (Å²) in [6.45, 7) is 2.49. The third kappa shape index (κ3) is 4.97. The van der Waals surface area contributed by atoms with E-state index in [0.29, 0.717) is 17.6 Å². The molecular formula is C22H18F2N4O2S2. The van der Waals surface area contributed by atoms with Crippen molar-refractivity contribution in [3.05, 3.63) is 71.6 Å². The van der Waals surface area contributed by atoms with Crippen LogP contribution < -0.4 is 10.1 Å². The molecule has 1 N–H and O–H groups in total. The van der Waals surface area contributed by atoms with Gasteiger partial charge >= 0.3 is 0 Å². The van der Waals surface area contributed by atoms with Crippen molar-refractivity contribution >= 4 is 34.7 Å². The van der Waals surface area contributed by atoms with Gasteiger partial charge in [-0.1, -0.05) is 17.8 Å². The number of thiophene rings is 1. The van der Waals surface area contributed by atoms with E-state index in [1.807, 2.05) is 53.3 Å². The third-order valence-corrected chi connectivity index (χ3v) is 6.11. The molecule has 0 fully saturated rings. The van der Waals surface area contributed by atoms with Crippen LogP contribution in [0.5, 0.6) is 5.75 Å². The Hall–Kier alpha value is -3.24. The predicted molar refractivity (Wildman–Crippen MR) is 122 cm³/mol. The average Bonchev–Trinajstić information content (AvgIpc) is 3.45. The molecule has 2 aromatic carbocycles. The van der Waals surface area contributed by atoms with Gasteiger partial charge in [-0.15, -0.1) is 21.5 Å². The Morgan fingerprint density at radius 1 is 1.12 bits per heavy atom. The number of aromatic nitrogens is 3. The Balaban J connectivity index is 1.55. The highest BCUT2D eigenvalue weighted by Crippen LogP contribution is 2.31. The van der Waals surface area contributed by atoms with Crippen LogP contribution in [0, 0.1) is 11.6 Å². The van der Waals surface area contributed by atoms with Crippen LogP contribution in [-0.4, -0.2) is 33.0 Å². The molecule has 0 bridgehead atoms. The fourth-order valence-corrected chi connectivity index (χ4v) is 4.37. The Labute approximate surface area is 191 Å². The molecule has 0 aliphatic carbocycles. The van der Waals surface area contributed by atoms with E-state index in [9.17, 15) is 13.6 Å². The van der Waals surface area contributed by atoms with Crippen LogP contribution >= 0.6 is 23.1 Å². The second-order valence-corrected chi connectivity index (χ2v) is 8.40. The van der Waals surface area contributed by atoms with Crippen molar-refractivity contribution in [1.82, 2.24) is 14.8 Å². The summed E-state index contributed by atoms with van der Waals surface area (Å²) in [4.78, 5) is 13.3. The van der Waals surface area contributed by atoms with Crippen LogP contribution in [0.3, 0.4) is 0 Å². The zero-order valence-electron chi connectivity index (χ0n) is 16.9. The van der Waals surface area contributed by atoms with Crippen molar-refractivity contribution in [3.63, 3.8) is 0 Å². The minimum absolute atomic E-state index is 0.0125. The smallest absolute Gasteiger partial charge is 0.234 e. The molecule has 0 saturated heterocycles. The van der Waals surface area contributed by atoms with Gasteiger partial charge in [-0.3, -0.25) is 9.36 Å². The summed E-state index contributed by atoms with van der Waals surface area (Å²) in [7, 11) is 0. The molecule has 2 heterocycles. The van der Waals surface area contributed by atoms with E-state index in [-0.39, 0.29) is 17.3 Å². The molecule has 32 heavy (non-hydrogen) atoms. The predicted octanol–water partition coefficient (Wildman–Crippen LogP) is 5.40. The summed E-state index contributed by atoms with van der Waals surface area (Å²) >= 11 is 2.73. The Morgan fingerprint density at radius 2 is 1.94 bits per heavy atom. The van der Waals surface area contributed by atoms with Gasteiger partial charge in [0.2, 0.25) is 5.91 Å². The molecule has 0 unspecified atom stereocenters. The quantitative estimate of drug-likeness (QED) is 0.348. The van der Waals surface area contributed by atoms with Gasteiger partial charge in [0.15, 0.2) is 22.6 Å². The summed E-state index contributed by atoms with van der Waals surface area (Å²) in [6, 6.07) is 14.6. The van der Waals surface area contributed by atoms with Crippen LogP contribution in [0.15, 0.2) is 65.1 Å². The number of hydrogen-bond donors (Lipinski definition) is 1. The van der Waals surface area contributed by atoms with Gasteiger partial charge in [0.1, 0.15) is 5.75 Å². The third-order valence-electron chi connectivity index (χ3n) is 4.32. The number of rotatable bonds is 8. The van der Waals surface area contributed by atoms with Gasteiger partial charge in [-0.25, -0.2) is 8.78 Å². The Kier molecular flexibility index (Phi) is 6.81. The molecule has 2 aromatic heterocycles. The number of hydrogen-bond acceptors (Lipinski definition) is 6. The second-order valence-electron chi connectivity index (χ2n) is 6.51. The summed E-state index contributed by atoms with van der Waals surface area (Å²) in [6.07, 6.45) is 0. The number of benzene rings is 2. The van der Waals surface area contributed by atoms with Gasteiger partial charge in [0.25, 0.3) is 0 Å². The van der Waals surface area contributed by atoms with Crippen LogP contribution in [0.1, 0.15) is 6.92 Å². The monoisotopic (exact) mass is 472 g/mol. The summed E-state index contributed by atoms with van der Waals surface area (Å²) in [5.74, 6) is -0.943. The average molecular weight is 473 g/mol. The molecule has 0 spiro atoms. The number of anilines is 1. The van der Waals surface area contributed by atoms with E-state index >= 15 is 0 Å². The molecule has 4 aromatic rings. The summed E-state index contributed by atoms with van der Waals surface area (Å²) < 4.78 is 33.8. The van der Waals surface area contributed by atoms with E-state index in [2.05, 4.69) is 15.5 Å². The lowest BCUT2D eigenvalue weighted by Gasteiger charge is -2.11. The molecular weight excluding hydrogens is 454 g/mol. The molecule has 10 heteroatoms. The number of halogens is 2. The zero-order valence-corrected chi connectivity index (χ0v) is 18.6. The summed E-state index contributed by atoms with van der Waals surface area (Å²) in [5, 5.41) is 13.6. The lowest BCUT2D eigenvalue weighted by molar-refractivity contribution is -0.113. The topological polar surface area (TPSA) is 69.0 Å². The van der Waals surface area contributed by atoms with E-state index in [4.69, 9.17) is 4.74 Å². The number of carbonyl (C=O) groups excluding carboxylic acids is 1. The van der Waals surface area contributed by atoms with Crippen molar-refractivity contribution in [3.8, 4) is 22.1 Å². The number of amides is 1. The SMILES string of the molecule is CCOc1ccc(-n2c(SCC(=O)Nc3ccc(F)c(F)c3)nnc2-c2cccs2)cc1. The van der Waals surface area contributed by atoms with E-state index < -0.39 is 11.6 Å². The van der Waals surface area contributed by atoms with Gasteiger partial charge in [0, 0.05) is 11.8 Å². The van der Waals surface area contributed by atoms with Crippen molar-refractivity contribution in [2.24, 2.45) is 0 Å². The van der Waals surface area contributed by atoms with Crippen molar-refractivity contribution in [2.45, 2.75) is 12.1 Å². The first kappa shape index (κ1) is 22.0. The minimum atomic E-state index is -1.02. The van der Waals surface area contributed by atoms with Crippen molar-refractivity contribution in [1.29, 1.82) is 0 Å². The first-order chi connectivity index (χ1) is 15.5. The molecule has 0 saturated carbocycles. The minimum Gasteiger partial charge on any atom is -0.494 e. The summed E-state index contributed by atoms with van der Waals surface area (Å²) in [5.41, 5.74) is 1.01. The Bertz CT molecular complexity index is 1210. The molecule has 6 nitrogen and oxygen atoms in total. The number of nitrogens with zero attached hydrogens (tertiary/aromatic N) is 3. The number of carbonyl (C=O) groups is 1. The van der Waals surface area contributed by atoms with Gasteiger partial charge in [0.05, 0.1) is 22.9 Å². The molecule has 0 aliphatic heterocycles. The van der Waals surface area contributed by atoms with Gasteiger partial charge in [-0.2, -0.15) is 0 Å². The fraction of sp³-hybridized carbons (Fsp3) is 0.136. The molecule has 0 radical (unpaired) electrons. The zero-order chi connectivity index (χ0) is 22.5. The highest BCUT2D eigenvalue weighted by atomic mass is 32.2. The van der Waals surface area contributed by atoms with E-state index in [1.165, 1.54) is 29.2 Å². The first-order valence-electron chi connectivity index (χ1n) is 9.65. The van der Waals surface area contributed by atoms with Crippen LogP contribution in [0.2, 0.25) is 0 Å². The molecule has 0 aliphatic rings. The van der Waals surface area contributed by atoms with Crippen LogP contribution in [0.25, 0.3) is 16.4 Å². The molecule has 0 atom stereocenters. The molecule has 1 amide bonds. The first-order valence-corrected chi connectivity index (χ1v) is 11.5. The van der Waals surface area contributed by atoms with Crippen molar-refractivity contribution in [2.75, 3.05) is 17.7 Å². The van der Waals surface area contributed by atoms with E-state index in [0.717, 1.165) is 28.4 Å². The maximum atomic E-state index is 13.4. The maximum Gasteiger partial charge on any atom is 0.234 e.